The number of hydrogen-bond donors (Lipinski definition) is 0. The fraction of sp³-hybridized carbons (Fsp3) is 0.419. The maximum Gasteiger partial charge on any atom is 0.336 e. The van der Waals surface area contributed by atoms with Crippen LogP contribution in [0.25, 0.3) is 6.08 Å². The summed E-state index contributed by atoms with van der Waals surface area (Å²) in [5.41, 5.74) is 1.30. The third kappa shape index (κ3) is 13.4. The second-order valence-corrected chi connectivity index (χ2v) is 8.88. The number of carbonyl (C=O) groups excluding carboxylic acids is 2. The molecule has 0 spiro atoms. The van der Waals surface area contributed by atoms with Crippen LogP contribution in [0.3, 0.4) is 0 Å². The van der Waals surface area contributed by atoms with E-state index in [4.69, 9.17) is 18.9 Å². The molecule has 0 aliphatic heterocycles. The molecule has 37 heavy (non-hydrogen) atoms. The number of hydrogen-bond acceptors (Lipinski definition) is 6. The summed E-state index contributed by atoms with van der Waals surface area (Å²) in [5.74, 6) is 1.26. The van der Waals surface area contributed by atoms with Crippen LogP contribution in [0.4, 0.5) is 0 Å². The van der Waals surface area contributed by atoms with E-state index in [1.165, 1.54) is 25.3 Å². The smallest absolute Gasteiger partial charge is 0.336 e. The van der Waals surface area contributed by atoms with Crippen molar-refractivity contribution in [3.63, 3.8) is 0 Å². The molecule has 2 aromatic carbocycles. The Kier molecular flexibility index (Phi) is 14.3. The molecule has 200 valence electrons. The summed E-state index contributed by atoms with van der Waals surface area (Å²) >= 11 is 0. The molecule has 6 heteroatoms. The van der Waals surface area contributed by atoms with E-state index in [2.05, 4.69) is 13.5 Å². The summed E-state index contributed by atoms with van der Waals surface area (Å²) in [5, 5.41) is 0. The Bertz CT molecular complexity index is 976. The lowest BCUT2D eigenvalue weighted by Crippen LogP contribution is -2.06. The highest BCUT2D eigenvalue weighted by atomic mass is 16.5. The van der Waals surface area contributed by atoms with E-state index in [0.717, 1.165) is 49.2 Å². The Morgan fingerprint density at radius 1 is 0.730 bits per heavy atom. The molecule has 0 aliphatic carbocycles. The van der Waals surface area contributed by atoms with Gasteiger partial charge in [0.15, 0.2) is 0 Å². The first kappa shape index (κ1) is 29.7. The number of benzene rings is 2. The Labute approximate surface area is 221 Å². The molecule has 0 heterocycles. The topological polar surface area (TPSA) is 71.1 Å². The van der Waals surface area contributed by atoms with Gasteiger partial charge in [-0.2, -0.15) is 0 Å². The van der Waals surface area contributed by atoms with Gasteiger partial charge in [0.25, 0.3) is 0 Å². The maximum absolute atomic E-state index is 12.1. The van der Waals surface area contributed by atoms with E-state index in [0.29, 0.717) is 31.1 Å². The molecule has 0 saturated carbocycles. The summed E-state index contributed by atoms with van der Waals surface area (Å²) in [6.07, 6.45) is 11.5. The predicted molar refractivity (Wildman–Crippen MR) is 147 cm³/mol. The lowest BCUT2D eigenvalue weighted by atomic mass is 10.2. The first-order chi connectivity index (χ1) is 18.0. The van der Waals surface area contributed by atoms with Crippen molar-refractivity contribution in [3.05, 3.63) is 72.3 Å². The van der Waals surface area contributed by atoms with Crippen LogP contribution in [-0.4, -0.2) is 31.8 Å². The van der Waals surface area contributed by atoms with Crippen molar-refractivity contribution in [2.75, 3.05) is 19.8 Å². The van der Waals surface area contributed by atoms with Crippen LogP contribution < -0.4 is 14.2 Å². The molecular weight excluding hydrogens is 468 g/mol. The zero-order valence-corrected chi connectivity index (χ0v) is 22.2. The van der Waals surface area contributed by atoms with Gasteiger partial charge in [-0.05, 0) is 87.1 Å². The average molecular weight is 509 g/mol. The minimum atomic E-state index is -0.442. The van der Waals surface area contributed by atoms with Gasteiger partial charge in [0.05, 0.1) is 19.8 Å². The van der Waals surface area contributed by atoms with Crippen LogP contribution in [0, 0.1) is 0 Å². The van der Waals surface area contributed by atoms with E-state index in [-0.39, 0.29) is 5.97 Å². The van der Waals surface area contributed by atoms with Gasteiger partial charge in [-0.3, -0.25) is 0 Å². The van der Waals surface area contributed by atoms with E-state index in [1.54, 1.807) is 25.1 Å². The number of esters is 2. The number of ether oxygens (including phenoxy) is 4. The molecule has 0 N–H and O–H groups in total. The fourth-order valence-electron chi connectivity index (χ4n) is 3.35. The number of carbonyl (C=O) groups is 2. The third-order valence-corrected chi connectivity index (χ3v) is 5.49. The van der Waals surface area contributed by atoms with Gasteiger partial charge in [0, 0.05) is 11.6 Å². The SMILES string of the molecule is C=C(C)C(=O)OCCCCCCOc1ccc(/C=C/C(=O)Oc2ccc(OCCCCCC)cc2)cc1. The Morgan fingerprint density at radius 2 is 1.24 bits per heavy atom. The van der Waals surface area contributed by atoms with Crippen molar-refractivity contribution in [1.29, 1.82) is 0 Å². The van der Waals surface area contributed by atoms with Gasteiger partial charge in [-0.15, -0.1) is 0 Å². The van der Waals surface area contributed by atoms with Gasteiger partial charge in [0.2, 0.25) is 0 Å². The van der Waals surface area contributed by atoms with Gasteiger partial charge in [-0.1, -0.05) is 44.9 Å². The summed E-state index contributed by atoms with van der Waals surface area (Å²) in [4.78, 5) is 23.4. The average Bonchev–Trinajstić information content (AvgIpc) is 2.90. The second-order valence-electron chi connectivity index (χ2n) is 8.88. The molecule has 2 rings (SSSR count). The highest BCUT2D eigenvalue weighted by Gasteiger charge is 2.03. The molecule has 2 aromatic rings. The molecule has 0 saturated heterocycles. The zero-order valence-electron chi connectivity index (χ0n) is 22.2. The summed E-state index contributed by atoms with van der Waals surface area (Å²) in [6.45, 7) is 9.13. The van der Waals surface area contributed by atoms with Gasteiger partial charge < -0.3 is 18.9 Å². The predicted octanol–water partition coefficient (Wildman–Crippen LogP) is 7.32. The molecule has 0 bridgehead atoms. The fourth-order valence-corrected chi connectivity index (χ4v) is 3.35. The molecule has 0 unspecified atom stereocenters. The van der Waals surface area contributed by atoms with E-state index in [1.807, 2.05) is 36.4 Å². The maximum atomic E-state index is 12.1. The molecule has 0 aromatic heterocycles. The van der Waals surface area contributed by atoms with E-state index < -0.39 is 5.97 Å². The minimum absolute atomic E-state index is 0.331. The van der Waals surface area contributed by atoms with Gasteiger partial charge in [0.1, 0.15) is 17.2 Å². The number of rotatable bonds is 18. The van der Waals surface area contributed by atoms with Crippen molar-refractivity contribution in [3.8, 4) is 17.2 Å². The molecular formula is C31H40O6. The summed E-state index contributed by atoms with van der Waals surface area (Å²) in [7, 11) is 0. The van der Waals surface area contributed by atoms with E-state index >= 15 is 0 Å². The van der Waals surface area contributed by atoms with Crippen molar-refractivity contribution >= 4 is 18.0 Å². The molecule has 6 nitrogen and oxygen atoms in total. The monoisotopic (exact) mass is 508 g/mol. The first-order valence-electron chi connectivity index (χ1n) is 13.2. The van der Waals surface area contributed by atoms with Gasteiger partial charge in [-0.25, -0.2) is 9.59 Å². The molecule has 0 atom stereocenters. The molecule has 0 aliphatic rings. The highest BCUT2D eigenvalue weighted by molar-refractivity contribution is 5.88. The van der Waals surface area contributed by atoms with Crippen molar-refractivity contribution in [2.45, 2.75) is 65.2 Å². The van der Waals surface area contributed by atoms with Crippen LogP contribution in [-0.2, 0) is 14.3 Å². The van der Waals surface area contributed by atoms with Crippen LogP contribution in [0.15, 0.2) is 66.8 Å². The Balaban J connectivity index is 1.61. The molecule has 0 fully saturated rings. The van der Waals surface area contributed by atoms with Crippen LogP contribution in [0.1, 0.15) is 70.8 Å². The quantitative estimate of drug-likeness (QED) is 0.0909. The van der Waals surface area contributed by atoms with E-state index in [9.17, 15) is 9.59 Å². The number of unbranched alkanes of at least 4 members (excludes halogenated alkanes) is 6. The normalized spacial score (nSPS) is 10.8. The Hall–Kier alpha value is -3.54. The summed E-state index contributed by atoms with van der Waals surface area (Å²) < 4.78 is 21.9. The van der Waals surface area contributed by atoms with Crippen molar-refractivity contribution < 1.29 is 28.5 Å². The molecule has 0 radical (unpaired) electrons. The van der Waals surface area contributed by atoms with Crippen LogP contribution >= 0.6 is 0 Å². The highest BCUT2D eigenvalue weighted by Crippen LogP contribution is 2.19. The van der Waals surface area contributed by atoms with Gasteiger partial charge >= 0.3 is 11.9 Å². The lowest BCUT2D eigenvalue weighted by Gasteiger charge is -2.07. The van der Waals surface area contributed by atoms with Crippen molar-refractivity contribution in [1.82, 2.24) is 0 Å². The second kappa shape index (κ2) is 17.8. The molecule has 0 amide bonds. The third-order valence-electron chi connectivity index (χ3n) is 5.49. The zero-order chi connectivity index (χ0) is 26.7. The first-order valence-corrected chi connectivity index (χ1v) is 13.2. The van der Waals surface area contributed by atoms with Crippen molar-refractivity contribution in [2.24, 2.45) is 0 Å². The summed E-state index contributed by atoms with van der Waals surface area (Å²) in [6, 6.07) is 14.6. The largest absolute Gasteiger partial charge is 0.494 e. The Morgan fingerprint density at radius 3 is 1.81 bits per heavy atom. The minimum Gasteiger partial charge on any atom is -0.494 e. The lowest BCUT2D eigenvalue weighted by molar-refractivity contribution is -0.139. The van der Waals surface area contributed by atoms with Crippen LogP contribution in [0.5, 0.6) is 17.2 Å². The van der Waals surface area contributed by atoms with Crippen LogP contribution in [0.2, 0.25) is 0 Å². The standard InChI is InChI=1S/C31H40O6/c1-4-5-6-9-22-35-28-17-19-29(20-18-28)37-30(32)21-14-26-12-15-27(16-13-26)34-23-10-7-8-11-24-36-31(33)25(2)3/h12-21H,2,4-11,22-24H2,1,3H3/b21-14+.